The monoisotopic (exact) mass is 270 g/mol. The topological polar surface area (TPSA) is 53.4 Å². The number of rotatable bonds is 4. The van der Waals surface area contributed by atoms with Crippen molar-refractivity contribution in [3.05, 3.63) is 58.8 Å². The van der Waals surface area contributed by atoms with Gasteiger partial charge in [0, 0.05) is 19.3 Å². The maximum absolute atomic E-state index is 11.3. The summed E-state index contributed by atoms with van der Waals surface area (Å²) in [5, 5.41) is 9.24. The molecule has 1 N–H and O–H groups in total. The minimum Gasteiger partial charge on any atom is -0.478 e. The molecule has 4 nitrogen and oxygen atoms in total. The zero-order valence-electron chi connectivity index (χ0n) is 11.9. The lowest BCUT2D eigenvalue weighted by atomic mass is 10.1. The smallest absolute Gasteiger partial charge is 0.339 e. The molecule has 1 heterocycles. The number of anilines is 1. The van der Waals surface area contributed by atoms with Gasteiger partial charge in [-0.1, -0.05) is 29.8 Å². The van der Waals surface area contributed by atoms with Gasteiger partial charge in [0.1, 0.15) is 11.4 Å². The van der Waals surface area contributed by atoms with Crippen molar-refractivity contribution in [1.82, 2.24) is 4.98 Å². The van der Waals surface area contributed by atoms with Gasteiger partial charge >= 0.3 is 5.97 Å². The third kappa shape index (κ3) is 3.15. The van der Waals surface area contributed by atoms with E-state index in [1.165, 1.54) is 5.56 Å². The average Bonchev–Trinajstić information content (AvgIpc) is 2.41. The molecular weight excluding hydrogens is 252 g/mol. The molecule has 0 radical (unpaired) electrons. The van der Waals surface area contributed by atoms with Crippen LogP contribution < -0.4 is 4.90 Å². The highest BCUT2D eigenvalue weighted by Gasteiger charge is 2.15. The summed E-state index contributed by atoms with van der Waals surface area (Å²) in [6.45, 7) is 4.52. The summed E-state index contributed by atoms with van der Waals surface area (Å²) in [7, 11) is 1.86. The SMILES string of the molecule is Cc1ccc(CN(C)c2nc(C)ccc2C(=O)O)cc1. The van der Waals surface area contributed by atoms with Crippen LogP contribution in [0.5, 0.6) is 0 Å². The van der Waals surface area contributed by atoms with Gasteiger partial charge in [-0.15, -0.1) is 0 Å². The minimum atomic E-state index is -0.955. The fraction of sp³-hybridized carbons (Fsp3) is 0.250. The Kier molecular flexibility index (Phi) is 4.03. The second kappa shape index (κ2) is 5.74. The summed E-state index contributed by atoms with van der Waals surface area (Å²) >= 11 is 0. The van der Waals surface area contributed by atoms with E-state index in [1.54, 1.807) is 12.1 Å². The van der Waals surface area contributed by atoms with E-state index in [-0.39, 0.29) is 5.56 Å². The third-order valence-corrected chi connectivity index (χ3v) is 3.15. The van der Waals surface area contributed by atoms with Crippen LogP contribution >= 0.6 is 0 Å². The van der Waals surface area contributed by atoms with Crippen molar-refractivity contribution in [2.24, 2.45) is 0 Å². The fourth-order valence-corrected chi connectivity index (χ4v) is 2.04. The van der Waals surface area contributed by atoms with E-state index in [0.717, 1.165) is 11.3 Å². The molecule has 1 aromatic heterocycles. The molecule has 4 heteroatoms. The van der Waals surface area contributed by atoms with Gasteiger partial charge in [0.25, 0.3) is 0 Å². The number of aromatic nitrogens is 1. The normalized spacial score (nSPS) is 10.3. The Bertz CT molecular complexity index is 621. The van der Waals surface area contributed by atoms with Gasteiger partial charge in [-0.3, -0.25) is 0 Å². The Morgan fingerprint density at radius 1 is 1.15 bits per heavy atom. The van der Waals surface area contributed by atoms with Crippen molar-refractivity contribution in [3.63, 3.8) is 0 Å². The quantitative estimate of drug-likeness (QED) is 0.927. The first kappa shape index (κ1) is 14.1. The van der Waals surface area contributed by atoms with E-state index in [2.05, 4.69) is 4.98 Å². The van der Waals surface area contributed by atoms with Gasteiger partial charge in [0.05, 0.1) is 0 Å². The van der Waals surface area contributed by atoms with Gasteiger partial charge in [-0.05, 0) is 31.5 Å². The highest BCUT2D eigenvalue weighted by Crippen LogP contribution is 2.19. The molecule has 0 saturated carbocycles. The molecule has 0 bridgehead atoms. The second-order valence-electron chi connectivity index (χ2n) is 4.97. The van der Waals surface area contributed by atoms with Gasteiger partial charge in [0.2, 0.25) is 0 Å². The van der Waals surface area contributed by atoms with Crippen LogP contribution in [0.2, 0.25) is 0 Å². The van der Waals surface area contributed by atoms with Gasteiger partial charge in [-0.2, -0.15) is 0 Å². The molecule has 0 amide bonds. The van der Waals surface area contributed by atoms with Crippen LogP contribution in [0.1, 0.15) is 27.2 Å². The Morgan fingerprint density at radius 2 is 1.80 bits per heavy atom. The minimum absolute atomic E-state index is 0.227. The number of carboxylic acids is 1. The molecule has 104 valence electrons. The lowest BCUT2D eigenvalue weighted by Gasteiger charge is -2.20. The second-order valence-corrected chi connectivity index (χ2v) is 4.97. The Labute approximate surface area is 118 Å². The zero-order chi connectivity index (χ0) is 14.7. The molecule has 20 heavy (non-hydrogen) atoms. The molecule has 0 aliphatic heterocycles. The van der Waals surface area contributed by atoms with Crippen molar-refractivity contribution in [3.8, 4) is 0 Å². The molecule has 0 aliphatic carbocycles. The number of nitrogens with zero attached hydrogens (tertiary/aromatic N) is 2. The maximum Gasteiger partial charge on any atom is 0.339 e. The summed E-state index contributed by atoms with van der Waals surface area (Å²) in [5.74, 6) is -0.457. The molecule has 0 saturated heterocycles. The lowest BCUT2D eigenvalue weighted by Crippen LogP contribution is -2.21. The van der Waals surface area contributed by atoms with Crippen molar-refractivity contribution in [2.45, 2.75) is 20.4 Å². The molecule has 2 aromatic rings. The van der Waals surface area contributed by atoms with E-state index < -0.39 is 5.97 Å². The summed E-state index contributed by atoms with van der Waals surface area (Å²) < 4.78 is 0. The van der Waals surface area contributed by atoms with Crippen molar-refractivity contribution < 1.29 is 9.90 Å². The molecule has 0 aliphatic rings. The standard InChI is InChI=1S/C16H18N2O2/c1-11-4-7-13(8-5-11)10-18(3)15-14(16(19)20)9-6-12(2)17-15/h4-9H,10H2,1-3H3,(H,19,20). The number of carboxylic acid groups (broad SMARTS) is 1. The predicted octanol–water partition coefficient (Wildman–Crippen LogP) is 3.03. The molecule has 0 fully saturated rings. The Hall–Kier alpha value is -2.36. The van der Waals surface area contributed by atoms with Gasteiger partial charge in [-0.25, -0.2) is 9.78 Å². The number of pyridine rings is 1. The molecule has 2 rings (SSSR count). The highest BCUT2D eigenvalue weighted by molar-refractivity contribution is 5.93. The first-order valence-corrected chi connectivity index (χ1v) is 6.45. The number of hydrogen-bond donors (Lipinski definition) is 1. The van der Waals surface area contributed by atoms with Crippen LogP contribution in [0.25, 0.3) is 0 Å². The highest BCUT2D eigenvalue weighted by atomic mass is 16.4. The van der Waals surface area contributed by atoms with Gasteiger partial charge in [0.15, 0.2) is 0 Å². The van der Waals surface area contributed by atoms with E-state index in [4.69, 9.17) is 0 Å². The predicted molar refractivity (Wildman–Crippen MR) is 79.2 cm³/mol. The van der Waals surface area contributed by atoms with Crippen LogP contribution in [0, 0.1) is 13.8 Å². The van der Waals surface area contributed by atoms with Crippen LogP contribution in [-0.2, 0) is 6.54 Å². The number of aromatic carboxylic acids is 1. The summed E-state index contributed by atoms with van der Waals surface area (Å²) in [6, 6.07) is 11.5. The van der Waals surface area contributed by atoms with E-state index in [9.17, 15) is 9.90 Å². The first-order valence-electron chi connectivity index (χ1n) is 6.45. The zero-order valence-corrected chi connectivity index (χ0v) is 11.9. The number of carbonyl (C=O) groups is 1. The molecule has 0 atom stereocenters. The number of hydrogen-bond acceptors (Lipinski definition) is 3. The summed E-state index contributed by atoms with van der Waals surface area (Å²) in [5.41, 5.74) is 3.36. The van der Waals surface area contributed by atoms with Gasteiger partial charge < -0.3 is 10.0 Å². The van der Waals surface area contributed by atoms with Crippen LogP contribution in [0.15, 0.2) is 36.4 Å². The average molecular weight is 270 g/mol. The molecule has 0 unspecified atom stereocenters. The number of benzene rings is 1. The van der Waals surface area contributed by atoms with Crippen LogP contribution in [-0.4, -0.2) is 23.1 Å². The first-order chi connectivity index (χ1) is 9.47. The third-order valence-electron chi connectivity index (χ3n) is 3.15. The summed E-state index contributed by atoms with van der Waals surface area (Å²) in [6.07, 6.45) is 0. The van der Waals surface area contributed by atoms with Crippen molar-refractivity contribution in [1.29, 1.82) is 0 Å². The van der Waals surface area contributed by atoms with E-state index in [1.807, 2.05) is 50.1 Å². The lowest BCUT2D eigenvalue weighted by molar-refractivity contribution is 0.0697. The number of aryl methyl sites for hydroxylation is 2. The summed E-state index contributed by atoms with van der Waals surface area (Å²) in [4.78, 5) is 17.5. The van der Waals surface area contributed by atoms with Crippen LogP contribution in [0.4, 0.5) is 5.82 Å². The van der Waals surface area contributed by atoms with E-state index >= 15 is 0 Å². The molecule has 1 aromatic carbocycles. The van der Waals surface area contributed by atoms with E-state index in [0.29, 0.717) is 12.4 Å². The maximum atomic E-state index is 11.3. The Balaban J connectivity index is 2.28. The fourth-order valence-electron chi connectivity index (χ4n) is 2.04. The molecule has 0 spiro atoms. The Morgan fingerprint density at radius 3 is 2.40 bits per heavy atom. The van der Waals surface area contributed by atoms with Crippen molar-refractivity contribution >= 4 is 11.8 Å². The molecular formula is C16H18N2O2. The van der Waals surface area contributed by atoms with Crippen molar-refractivity contribution in [2.75, 3.05) is 11.9 Å². The largest absolute Gasteiger partial charge is 0.478 e. The van der Waals surface area contributed by atoms with Crippen LogP contribution in [0.3, 0.4) is 0 Å².